The lowest BCUT2D eigenvalue weighted by Crippen LogP contribution is -1.97. The Kier molecular flexibility index (Phi) is 7.66. The Morgan fingerprint density at radius 3 is 2.15 bits per heavy atom. The first kappa shape index (κ1) is 12.4. The van der Waals surface area contributed by atoms with E-state index < -0.39 is 0 Å². The van der Waals surface area contributed by atoms with Gasteiger partial charge in [0.1, 0.15) is 0 Å². The first-order valence-corrected chi connectivity index (χ1v) is 5.37. The van der Waals surface area contributed by atoms with Gasteiger partial charge in [-0.25, -0.2) is 0 Å². The number of carbonyl (C=O) groups is 1. The quantitative estimate of drug-likeness (QED) is 0.411. The molecule has 0 aliphatic heterocycles. The molecular formula is C12H22O. The van der Waals surface area contributed by atoms with E-state index in [-0.39, 0.29) is 5.78 Å². The third kappa shape index (κ3) is 7.76. The molecule has 0 amide bonds. The highest BCUT2D eigenvalue weighted by atomic mass is 16.1. The van der Waals surface area contributed by atoms with E-state index in [0.717, 1.165) is 6.42 Å². The Morgan fingerprint density at radius 1 is 1.08 bits per heavy atom. The van der Waals surface area contributed by atoms with E-state index in [4.69, 9.17) is 0 Å². The van der Waals surface area contributed by atoms with Gasteiger partial charge < -0.3 is 0 Å². The monoisotopic (exact) mass is 182 g/mol. The fourth-order valence-corrected chi connectivity index (χ4v) is 1.28. The summed E-state index contributed by atoms with van der Waals surface area (Å²) >= 11 is 0. The van der Waals surface area contributed by atoms with Crippen molar-refractivity contribution in [2.24, 2.45) is 0 Å². The topological polar surface area (TPSA) is 17.1 Å². The van der Waals surface area contributed by atoms with Crippen LogP contribution in [-0.4, -0.2) is 5.78 Å². The van der Waals surface area contributed by atoms with Crippen LogP contribution in [0.4, 0.5) is 0 Å². The van der Waals surface area contributed by atoms with E-state index in [1.807, 2.05) is 0 Å². The molecule has 0 unspecified atom stereocenters. The van der Waals surface area contributed by atoms with Crippen molar-refractivity contribution in [3.8, 4) is 0 Å². The second-order valence-electron chi connectivity index (χ2n) is 3.72. The lowest BCUT2D eigenvalue weighted by atomic mass is 10.1. The number of Topliss-reactive ketones (excluding diaryl/α,β-unsaturated/α-hetero) is 1. The number of carbonyl (C=O) groups excluding carboxylic acids is 1. The van der Waals surface area contributed by atoms with Crippen molar-refractivity contribution in [3.05, 3.63) is 12.2 Å². The summed E-state index contributed by atoms with van der Waals surface area (Å²) in [4.78, 5) is 11.1. The number of hydrogen-bond acceptors (Lipinski definition) is 1. The molecule has 0 N–H and O–H groups in total. The number of allylic oxidation sites excluding steroid dienone is 1. The maximum atomic E-state index is 11.1. The van der Waals surface area contributed by atoms with Crippen LogP contribution < -0.4 is 0 Å². The molecule has 0 saturated heterocycles. The molecule has 1 nitrogen and oxygen atoms in total. The van der Waals surface area contributed by atoms with Crippen molar-refractivity contribution in [1.82, 2.24) is 0 Å². The van der Waals surface area contributed by atoms with E-state index >= 15 is 0 Å². The van der Waals surface area contributed by atoms with Crippen LogP contribution in [0.3, 0.4) is 0 Å². The largest absolute Gasteiger partial charge is 0.295 e. The molecule has 0 aromatic carbocycles. The van der Waals surface area contributed by atoms with E-state index in [2.05, 4.69) is 13.5 Å². The molecule has 0 bridgehead atoms. The van der Waals surface area contributed by atoms with Gasteiger partial charge in [-0.3, -0.25) is 4.79 Å². The summed E-state index contributed by atoms with van der Waals surface area (Å²) in [5, 5.41) is 0. The van der Waals surface area contributed by atoms with Crippen LogP contribution in [-0.2, 0) is 4.79 Å². The van der Waals surface area contributed by atoms with Crippen LogP contribution in [0.1, 0.15) is 58.8 Å². The summed E-state index contributed by atoms with van der Waals surface area (Å²) in [6.07, 6.45) is 8.13. The number of unbranched alkanes of at least 4 members (excludes halogenated alkanes) is 5. The Morgan fingerprint density at radius 2 is 1.62 bits per heavy atom. The third-order valence-electron chi connectivity index (χ3n) is 2.23. The summed E-state index contributed by atoms with van der Waals surface area (Å²) in [7, 11) is 0. The molecule has 0 radical (unpaired) electrons. The first-order chi connectivity index (χ1) is 6.18. The van der Waals surface area contributed by atoms with Crippen molar-refractivity contribution in [3.63, 3.8) is 0 Å². The molecule has 0 aromatic rings. The van der Waals surface area contributed by atoms with Gasteiger partial charge in [-0.15, -0.1) is 0 Å². The average molecular weight is 182 g/mol. The fourth-order valence-electron chi connectivity index (χ4n) is 1.28. The fraction of sp³-hybridized carbons (Fsp3) is 0.750. The maximum Gasteiger partial charge on any atom is 0.157 e. The molecular weight excluding hydrogens is 160 g/mol. The van der Waals surface area contributed by atoms with Crippen LogP contribution in [0.2, 0.25) is 0 Å². The van der Waals surface area contributed by atoms with Gasteiger partial charge in [-0.05, 0) is 18.9 Å². The van der Waals surface area contributed by atoms with Gasteiger partial charge in [0.25, 0.3) is 0 Å². The van der Waals surface area contributed by atoms with Gasteiger partial charge in [0, 0.05) is 6.42 Å². The van der Waals surface area contributed by atoms with Gasteiger partial charge in [-0.1, -0.05) is 45.6 Å². The molecule has 13 heavy (non-hydrogen) atoms. The number of ketones is 1. The van der Waals surface area contributed by atoms with Gasteiger partial charge in [0.05, 0.1) is 0 Å². The SMILES string of the molecule is C=C(C)C(=O)CCCCCCCC. The van der Waals surface area contributed by atoms with Crippen molar-refractivity contribution < 1.29 is 4.79 Å². The molecule has 0 aliphatic carbocycles. The lowest BCUT2D eigenvalue weighted by Gasteiger charge is -2.00. The minimum absolute atomic E-state index is 0.232. The van der Waals surface area contributed by atoms with E-state index in [1.165, 1.54) is 32.1 Å². The summed E-state index contributed by atoms with van der Waals surface area (Å²) in [5.41, 5.74) is 0.702. The van der Waals surface area contributed by atoms with Gasteiger partial charge in [0.15, 0.2) is 5.78 Å². The lowest BCUT2D eigenvalue weighted by molar-refractivity contribution is -0.115. The summed E-state index contributed by atoms with van der Waals surface area (Å²) in [6.45, 7) is 7.64. The number of rotatable bonds is 8. The molecule has 0 atom stereocenters. The van der Waals surface area contributed by atoms with Gasteiger partial charge in [0.2, 0.25) is 0 Å². The summed E-state index contributed by atoms with van der Waals surface area (Å²) in [5.74, 6) is 0.232. The van der Waals surface area contributed by atoms with Gasteiger partial charge >= 0.3 is 0 Å². The predicted octanol–water partition coefficient (Wildman–Crippen LogP) is 3.88. The summed E-state index contributed by atoms with van der Waals surface area (Å²) < 4.78 is 0. The normalized spacial score (nSPS) is 10.0. The second-order valence-corrected chi connectivity index (χ2v) is 3.72. The second kappa shape index (κ2) is 8.03. The Bertz CT molecular complexity index is 159. The minimum atomic E-state index is 0.232. The predicted molar refractivity (Wildman–Crippen MR) is 57.8 cm³/mol. The first-order valence-electron chi connectivity index (χ1n) is 5.37. The molecule has 0 saturated carbocycles. The van der Waals surface area contributed by atoms with Crippen LogP contribution in [0.25, 0.3) is 0 Å². The van der Waals surface area contributed by atoms with Crippen LogP contribution in [0.5, 0.6) is 0 Å². The van der Waals surface area contributed by atoms with E-state index in [9.17, 15) is 4.79 Å². The summed E-state index contributed by atoms with van der Waals surface area (Å²) in [6, 6.07) is 0. The third-order valence-corrected chi connectivity index (χ3v) is 2.23. The molecule has 0 aliphatic rings. The zero-order valence-corrected chi connectivity index (χ0v) is 9.07. The molecule has 0 fully saturated rings. The highest BCUT2D eigenvalue weighted by Crippen LogP contribution is 2.08. The standard InChI is InChI=1S/C12H22O/c1-4-5-6-7-8-9-10-12(13)11(2)3/h2,4-10H2,1,3H3. The van der Waals surface area contributed by atoms with Crippen molar-refractivity contribution >= 4 is 5.78 Å². The minimum Gasteiger partial charge on any atom is -0.295 e. The molecule has 76 valence electrons. The maximum absolute atomic E-state index is 11.1. The van der Waals surface area contributed by atoms with Crippen molar-refractivity contribution in [2.45, 2.75) is 58.8 Å². The zero-order valence-electron chi connectivity index (χ0n) is 9.07. The molecule has 0 rings (SSSR count). The van der Waals surface area contributed by atoms with Crippen LogP contribution >= 0.6 is 0 Å². The average Bonchev–Trinajstić information content (AvgIpc) is 2.10. The number of hydrogen-bond donors (Lipinski definition) is 0. The highest BCUT2D eigenvalue weighted by Gasteiger charge is 2.00. The molecule has 0 spiro atoms. The molecule has 0 heterocycles. The smallest absolute Gasteiger partial charge is 0.157 e. The zero-order chi connectivity index (χ0) is 10.1. The molecule has 0 aromatic heterocycles. The van der Waals surface area contributed by atoms with E-state index in [0.29, 0.717) is 12.0 Å². The van der Waals surface area contributed by atoms with Crippen LogP contribution in [0.15, 0.2) is 12.2 Å². The Hall–Kier alpha value is -0.590. The van der Waals surface area contributed by atoms with Crippen LogP contribution in [0, 0.1) is 0 Å². The molecule has 1 heteroatoms. The van der Waals surface area contributed by atoms with Gasteiger partial charge in [-0.2, -0.15) is 0 Å². The Balaban J connectivity index is 3.16. The van der Waals surface area contributed by atoms with Crippen molar-refractivity contribution in [2.75, 3.05) is 0 Å². The van der Waals surface area contributed by atoms with E-state index in [1.54, 1.807) is 6.92 Å². The van der Waals surface area contributed by atoms with Crippen molar-refractivity contribution in [1.29, 1.82) is 0 Å². The Labute approximate surface area is 82.2 Å². The highest BCUT2D eigenvalue weighted by molar-refractivity contribution is 5.93.